The molecule has 0 saturated carbocycles. The molecule has 0 saturated heterocycles. The van der Waals surface area contributed by atoms with Crippen LogP contribution in [-0.2, 0) is 6.54 Å². The molecule has 8 heteroatoms. The Hall–Kier alpha value is -2.87. The van der Waals surface area contributed by atoms with Crippen LogP contribution in [0.5, 0.6) is 5.75 Å². The van der Waals surface area contributed by atoms with Gasteiger partial charge in [0, 0.05) is 29.3 Å². The van der Waals surface area contributed by atoms with Gasteiger partial charge in [-0.25, -0.2) is 9.78 Å². The van der Waals surface area contributed by atoms with Crippen LogP contribution < -0.4 is 10.5 Å². The third-order valence-corrected chi connectivity index (χ3v) is 5.00. The summed E-state index contributed by atoms with van der Waals surface area (Å²) in [4.78, 5) is 21.1. The topological polar surface area (TPSA) is 83.0 Å². The summed E-state index contributed by atoms with van der Waals surface area (Å²) in [7, 11) is 1.62. The van der Waals surface area contributed by atoms with Crippen LogP contribution in [-0.4, -0.2) is 32.6 Å². The van der Waals surface area contributed by atoms with E-state index in [4.69, 9.17) is 9.15 Å². The molecule has 0 aliphatic heterocycles. The smallest absolute Gasteiger partial charge is 0.437 e. The number of rotatable bonds is 7. The van der Waals surface area contributed by atoms with Gasteiger partial charge in [0.15, 0.2) is 0 Å². The van der Waals surface area contributed by atoms with E-state index in [1.807, 2.05) is 19.9 Å². The van der Waals surface area contributed by atoms with Gasteiger partial charge in [0.1, 0.15) is 10.8 Å². The van der Waals surface area contributed by atoms with Crippen molar-refractivity contribution in [3.8, 4) is 17.2 Å². The van der Waals surface area contributed by atoms with Crippen molar-refractivity contribution in [1.29, 1.82) is 0 Å². The van der Waals surface area contributed by atoms with E-state index in [2.05, 4.69) is 21.6 Å². The van der Waals surface area contributed by atoms with Crippen LogP contribution >= 0.6 is 11.8 Å². The monoisotopic (exact) mass is 384 g/mol. The van der Waals surface area contributed by atoms with E-state index in [0.717, 1.165) is 21.9 Å². The lowest BCUT2D eigenvalue weighted by atomic mass is 10.1. The fourth-order valence-electron chi connectivity index (χ4n) is 2.69. The van der Waals surface area contributed by atoms with Crippen LogP contribution in [0.25, 0.3) is 11.5 Å². The number of hydrogen-bond donors (Lipinski definition) is 0. The highest BCUT2D eigenvalue weighted by molar-refractivity contribution is 7.99. The summed E-state index contributed by atoms with van der Waals surface area (Å²) in [6.07, 6.45) is 5.20. The summed E-state index contributed by atoms with van der Waals surface area (Å²) in [5.74, 6) is 1.14. The third kappa shape index (κ3) is 3.95. The molecular weight excluding hydrogens is 364 g/mol. The first-order valence-electron chi connectivity index (χ1n) is 8.31. The number of thioether (sulfide) groups is 1. The fourth-order valence-corrected chi connectivity index (χ4v) is 3.42. The van der Waals surface area contributed by atoms with Gasteiger partial charge in [-0.2, -0.15) is 4.68 Å². The van der Waals surface area contributed by atoms with Crippen LogP contribution in [0.2, 0.25) is 0 Å². The van der Waals surface area contributed by atoms with Crippen molar-refractivity contribution in [1.82, 2.24) is 19.7 Å². The predicted octanol–water partition coefficient (Wildman–Crippen LogP) is 3.25. The maximum Gasteiger partial charge on any atom is 0.437 e. The average Bonchev–Trinajstić information content (AvgIpc) is 3.03. The number of pyridine rings is 2. The zero-order valence-electron chi connectivity index (χ0n) is 15.4. The minimum atomic E-state index is -0.547. The van der Waals surface area contributed by atoms with Gasteiger partial charge in [0.2, 0.25) is 0 Å². The highest BCUT2D eigenvalue weighted by Crippen LogP contribution is 2.28. The first-order valence-corrected chi connectivity index (χ1v) is 9.29. The number of methoxy groups -OCH3 is 1. The van der Waals surface area contributed by atoms with Gasteiger partial charge in [0.05, 0.1) is 24.9 Å². The molecule has 0 fully saturated rings. The van der Waals surface area contributed by atoms with E-state index < -0.39 is 5.76 Å². The Morgan fingerprint density at radius 1 is 1.37 bits per heavy atom. The molecule has 3 rings (SSSR count). The van der Waals surface area contributed by atoms with Crippen LogP contribution in [0.15, 0.2) is 51.4 Å². The molecule has 140 valence electrons. The molecular formula is C19H20N4O3S. The zero-order valence-corrected chi connectivity index (χ0v) is 16.2. The van der Waals surface area contributed by atoms with Gasteiger partial charge >= 0.3 is 5.76 Å². The van der Waals surface area contributed by atoms with Crippen molar-refractivity contribution in [3.63, 3.8) is 0 Å². The number of aromatic nitrogens is 4. The Kier molecular flexibility index (Phi) is 5.75. The molecule has 3 aromatic rings. The molecule has 0 amide bonds. The average molecular weight is 384 g/mol. The van der Waals surface area contributed by atoms with Crippen molar-refractivity contribution in [2.24, 2.45) is 0 Å². The molecule has 0 unspecified atom stereocenters. The van der Waals surface area contributed by atoms with E-state index in [0.29, 0.717) is 17.0 Å². The molecule has 0 atom stereocenters. The van der Waals surface area contributed by atoms with Crippen LogP contribution in [0.4, 0.5) is 0 Å². The van der Waals surface area contributed by atoms with Crippen molar-refractivity contribution < 1.29 is 9.15 Å². The molecule has 0 aliphatic rings. The summed E-state index contributed by atoms with van der Waals surface area (Å²) < 4.78 is 12.1. The maximum atomic E-state index is 12.3. The quantitative estimate of drug-likeness (QED) is 0.457. The van der Waals surface area contributed by atoms with Crippen molar-refractivity contribution in [2.45, 2.75) is 25.4 Å². The Bertz CT molecular complexity index is 1030. The largest absolute Gasteiger partial charge is 0.496 e. The molecule has 27 heavy (non-hydrogen) atoms. The second-order valence-electron chi connectivity index (χ2n) is 5.83. The molecule has 7 nitrogen and oxygen atoms in total. The second kappa shape index (κ2) is 8.22. The summed E-state index contributed by atoms with van der Waals surface area (Å²) in [5.41, 5.74) is 3.18. The number of ether oxygens (including phenoxy) is 1. The summed E-state index contributed by atoms with van der Waals surface area (Å²) >= 11 is 1.50. The number of hydrogen-bond acceptors (Lipinski definition) is 7. The first-order chi connectivity index (χ1) is 13.0. The highest BCUT2D eigenvalue weighted by Gasteiger charge is 2.17. The van der Waals surface area contributed by atoms with Crippen molar-refractivity contribution in [3.05, 3.63) is 64.6 Å². The lowest BCUT2D eigenvalue weighted by Gasteiger charge is -2.11. The van der Waals surface area contributed by atoms with Gasteiger partial charge in [-0.15, -0.1) is 23.4 Å². The van der Waals surface area contributed by atoms with Gasteiger partial charge in [-0.1, -0.05) is 6.08 Å². The maximum absolute atomic E-state index is 12.3. The highest BCUT2D eigenvalue weighted by atomic mass is 32.2. The summed E-state index contributed by atoms with van der Waals surface area (Å²) in [6.45, 7) is 7.74. The van der Waals surface area contributed by atoms with Crippen molar-refractivity contribution >= 4 is 11.8 Å². The van der Waals surface area contributed by atoms with Gasteiger partial charge in [0.25, 0.3) is 5.89 Å². The van der Waals surface area contributed by atoms with Crippen LogP contribution in [0, 0.1) is 13.8 Å². The lowest BCUT2D eigenvalue weighted by molar-refractivity contribution is 0.406. The van der Waals surface area contributed by atoms with E-state index in [1.165, 1.54) is 16.4 Å². The minimum absolute atomic E-state index is 0.195. The molecule has 3 heterocycles. The second-order valence-corrected chi connectivity index (χ2v) is 6.84. The molecule has 0 spiro atoms. The molecule has 0 aliphatic carbocycles. The molecule has 0 N–H and O–H groups in total. The Morgan fingerprint density at radius 3 is 2.93 bits per heavy atom. The van der Waals surface area contributed by atoms with E-state index in [-0.39, 0.29) is 12.4 Å². The normalized spacial score (nSPS) is 10.8. The van der Waals surface area contributed by atoms with E-state index in [9.17, 15) is 4.79 Å². The van der Waals surface area contributed by atoms with E-state index >= 15 is 0 Å². The Morgan fingerprint density at radius 2 is 2.19 bits per heavy atom. The first kappa shape index (κ1) is 18.9. The van der Waals surface area contributed by atoms with Gasteiger partial charge < -0.3 is 9.15 Å². The SMILES string of the molecule is C=CCSc1ncccc1-c1nn(Cc2ncc(C)c(OC)c2C)c(=O)o1. The van der Waals surface area contributed by atoms with Crippen LogP contribution in [0.3, 0.4) is 0 Å². The molecule has 0 radical (unpaired) electrons. The Labute approximate surface area is 161 Å². The number of aryl methyl sites for hydroxylation is 1. The summed E-state index contributed by atoms with van der Waals surface area (Å²) in [6, 6.07) is 3.61. The van der Waals surface area contributed by atoms with Crippen molar-refractivity contribution in [2.75, 3.05) is 12.9 Å². The van der Waals surface area contributed by atoms with Gasteiger partial charge in [-0.3, -0.25) is 4.98 Å². The molecule has 0 bridgehead atoms. The van der Waals surface area contributed by atoms with Gasteiger partial charge in [-0.05, 0) is 26.0 Å². The molecule has 0 aromatic carbocycles. The van der Waals surface area contributed by atoms with E-state index in [1.54, 1.807) is 31.6 Å². The predicted molar refractivity (Wildman–Crippen MR) is 104 cm³/mol. The standard InChI is InChI=1S/C19H20N4O3S/c1-5-9-27-18-14(7-6-8-20-18)17-22-23(19(24)26-17)11-15-13(3)16(25-4)12(2)10-21-15/h5-8,10H,1,9,11H2,2-4H3. The third-order valence-electron chi connectivity index (χ3n) is 4.00. The number of nitrogens with zero attached hydrogens (tertiary/aromatic N) is 4. The Balaban J connectivity index is 1.95. The zero-order chi connectivity index (χ0) is 19.4. The lowest BCUT2D eigenvalue weighted by Crippen LogP contribution is -2.18. The molecule has 3 aromatic heterocycles. The minimum Gasteiger partial charge on any atom is -0.496 e. The fraction of sp³-hybridized carbons (Fsp3) is 0.263. The van der Waals surface area contributed by atoms with Crippen LogP contribution in [0.1, 0.15) is 16.8 Å². The summed E-state index contributed by atoms with van der Waals surface area (Å²) in [5, 5.41) is 5.07.